The van der Waals surface area contributed by atoms with Crippen LogP contribution in [0.25, 0.3) is 0 Å². The van der Waals surface area contributed by atoms with Gasteiger partial charge in [0.25, 0.3) is 0 Å². The first-order valence-corrected chi connectivity index (χ1v) is 8.27. The summed E-state index contributed by atoms with van der Waals surface area (Å²) in [6.07, 6.45) is 1.84. The van der Waals surface area contributed by atoms with Gasteiger partial charge in [0, 0.05) is 32.7 Å². The van der Waals surface area contributed by atoms with E-state index in [0.29, 0.717) is 32.1 Å². The Morgan fingerprint density at radius 3 is 2.00 bits per heavy atom. The molecule has 0 aromatic carbocycles. The molecule has 0 spiro atoms. The fourth-order valence-corrected chi connectivity index (χ4v) is 2.34. The second kappa shape index (κ2) is 8.25. The van der Waals surface area contributed by atoms with Gasteiger partial charge in [0.15, 0.2) is 0 Å². The SMILES string of the molecule is CCC(CC)CNC(=O)N1CCN(C(=O)OC(C)(C)C)CC1. The van der Waals surface area contributed by atoms with E-state index in [9.17, 15) is 9.59 Å². The van der Waals surface area contributed by atoms with E-state index in [-0.39, 0.29) is 12.1 Å². The number of nitrogens with zero attached hydrogens (tertiary/aromatic N) is 2. The minimum absolute atomic E-state index is 0.0317. The van der Waals surface area contributed by atoms with Gasteiger partial charge in [-0.25, -0.2) is 9.59 Å². The predicted octanol–water partition coefficient (Wildman–Crippen LogP) is 2.68. The van der Waals surface area contributed by atoms with Gasteiger partial charge in [-0.3, -0.25) is 0 Å². The molecule has 1 aliphatic heterocycles. The molecule has 1 saturated heterocycles. The van der Waals surface area contributed by atoms with Crippen molar-refractivity contribution < 1.29 is 14.3 Å². The molecule has 6 heteroatoms. The predicted molar refractivity (Wildman–Crippen MR) is 86.9 cm³/mol. The summed E-state index contributed by atoms with van der Waals surface area (Å²) >= 11 is 0. The van der Waals surface area contributed by atoms with E-state index in [4.69, 9.17) is 4.74 Å². The standard InChI is InChI=1S/C16H31N3O3/c1-6-13(7-2)12-17-14(20)18-8-10-19(11-9-18)15(21)22-16(3,4)5/h13H,6-12H2,1-5H3,(H,17,20). The second-order valence-electron chi connectivity index (χ2n) is 6.82. The average molecular weight is 313 g/mol. The molecule has 6 nitrogen and oxygen atoms in total. The van der Waals surface area contributed by atoms with Crippen molar-refractivity contribution in [3.05, 3.63) is 0 Å². The zero-order valence-corrected chi connectivity index (χ0v) is 14.6. The van der Waals surface area contributed by atoms with Gasteiger partial charge in [0.05, 0.1) is 0 Å². The molecule has 22 heavy (non-hydrogen) atoms. The van der Waals surface area contributed by atoms with Crippen LogP contribution in [0, 0.1) is 5.92 Å². The quantitative estimate of drug-likeness (QED) is 0.868. The maximum absolute atomic E-state index is 12.1. The molecule has 3 amide bonds. The van der Waals surface area contributed by atoms with Gasteiger partial charge in [-0.1, -0.05) is 26.7 Å². The van der Waals surface area contributed by atoms with Crippen molar-refractivity contribution in [1.82, 2.24) is 15.1 Å². The number of rotatable bonds is 4. The summed E-state index contributed by atoms with van der Waals surface area (Å²) in [6, 6.07) is -0.0317. The molecule has 1 rings (SSSR count). The fourth-order valence-electron chi connectivity index (χ4n) is 2.34. The van der Waals surface area contributed by atoms with Crippen LogP contribution in [0.1, 0.15) is 47.5 Å². The Labute approximate surface area is 134 Å². The third-order valence-corrected chi connectivity index (χ3v) is 3.92. The van der Waals surface area contributed by atoms with Gasteiger partial charge in [0.2, 0.25) is 0 Å². The lowest BCUT2D eigenvalue weighted by molar-refractivity contribution is 0.0170. The Bertz CT molecular complexity index is 367. The van der Waals surface area contributed by atoms with Crippen LogP contribution in [0.2, 0.25) is 0 Å². The van der Waals surface area contributed by atoms with Crippen molar-refractivity contribution in [2.45, 2.75) is 53.1 Å². The highest BCUT2D eigenvalue weighted by Gasteiger charge is 2.27. The van der Waals surface area contributed by atoms with Crippen LogP contribution in [0.15, 0.2) is 0 Å². The summed E-state index contributed by atoms with van der Waals surface area (Å²) in [5, 5.41) is 2.99. The van der Waals surface area contributed by atoms with Crippen LogP contribution in [-0.2, 0) is 4.74 Å². The molecular formula is C16H31N3O3. The summed E-state index contributed by atoms with van der Waals surface area (Å²) in [7, 11) is 0. The summed E-state index contributed by atoms with van der Waals surface area (Å²) in [5.74, 6) is 0.534. The van der Waals surface area contributed by atoms with Gasteiger partial charge < -0.3 is 19.9 Å². The monoisotopic (exact) mass is 313 g/mol. The van der Waals surface area contributed by atoms with Crippen LogP contribution in [0.3, 0.4) is 0 Å². The normalized spacial score (nSPS) is 15.9. The maximum atomic E-state index is 12.1. The van der Waals surface area contributed by atoms with Crippen molar-refractivity contribution in [1.29, 1.82) is 0 Å². The van der Waals surface area contributed by atoms with E-state index in [1.165, 1.54) is 0 Å². The van der Waals surface area contributed by atoms with Crippen LogP contribution in [0.5, 0.6) is 0 Å². The zero-order chi connectivity index (χ0) is 16.8. The van der Waals surface area contributed by atoms with Crippen LogP contribution < -0.4 is 5.32 Å². The molecular weight excluding hydrogens is 282 g/mol. The Hall–Kier alpha value is -1.46. The Morgan fingerprint density at radius 1 is 1.05 bits per heavy atom. The minimum atomic E-state index is -0.485. The highest BCUT2D eigenvalue weighted by molar-refractivity contribution is 5.75. The highest BCUT2D eigenvalue weighted by atomic mass is 16.6. The summed E-state index contributed by atoms with van der Waals surface area (Å²) < 4.78 is 5.35. The number of urea groups is 1. The third kappa shape index (κ3) is 6.12. The van der Waals surface area contributed by atoms with Crippen LogP contribution in [0.4, 0.5) is 9.59 Å². The molecule has 0 aliphatic carbocycles. The van der Waals surface area contributed by atoms with Gasteiger partial charge in [-0.05, 0) is 26.7 Å². The van der Waals surface area contributed by atoms with Crippen molar-refractivity contribution in [3.63, 3.8) is 0 Å². The lowest BCUT2D eigenvalue weighted by Gasteiger charge is -2.35. The highest BCUT2D eigenvalue weighted by Crippen LogP contribution is 2.12. The molecule has 1 heterocycles. The van der Waals surface area contributed by atoms with Gasteiger partial charge in [-0.2, -0.15) is 0 Å². The smallest absolute Gasteiger partial charge is 0.410 e. The van der Waals surface area contributed by atoms with Gasteiger partial charge in [0.1, 0.15) is 5.60 Å². The lowest BCUT2D eigenvalue weighted by atomic mass is 10.0. The van der Waals surface area contributed by atoms with Crippen molar-refractivity contribution in [3.8, 4) is 0 Å². The summed E-state index contributed by atoms with van der Waals surface area (Å²) in [6.45, 7) is 12.7. The number of amides is 3. The third-order valence-electron chi connectivity index (χ3n) is 3.92. The minimum Gasteiger partial charge on any atom is -0.444 e. The Balaban J connectivity index is 2.35. The van der Waals surface area contributed by atoms with Crippen LogP contribution >= 0.6 is 0 Å². The van der Waals surface area contributed by atoms with E-state index < -0.39 is 5.60 Å². The molecule has 0 aromatic rings. The fraction of sp³-hybridized carbons (Fsp3) is 0.875. The van der Waals surface area contributed by atoms with Crippen LogP contribution in [-0.4, -0.2) is 60.2 Å². The van der Waals surface area contributed by atoms with Crippen molar-refractivity contribution >= 4 is 12.1 Å². The Kier molecular flexibility index (Phi) is 6.97. The number of carbonyl (C=O) groups excluding carboxylic acids is 2. The molecule has 0 radical (unpaired) electrons. The number of hydrogen-bond acceptors (Lipinski definition) is 3. The summed E-state index contributed by atoms with van der Waals surface area (Å²) in [5.41, 5.74) is -0.485. The topological polar surface area (TPSA) is 61.9 Å². The second-order valence-corrected chi connectivity index (χ2v) is 6.82. The molecule has 1 fully saturated rings. The van der Waals surface area contributed by atoms with Crippen molar-refractivity contribution in [2.24, 2.45) is 5.92 Å². The maximum Gasteiger partial charge on any atom is 0.410 e. The first-order valence-electron chi connectivity index (χ1n) is 8.27. The van der Waals surface area contributed by atoms with Gasteiger partial charge in [-0.15, -0.1) is 0 Å². The lowest BCUT2D eigenvalue weighted by Crippen LogP contribution is -2.54. The number of carbonyl (C=O) groups is 2. The number of nitrogens with one attached hydrogen (secondary N) is 1. The largest absolute Gasteiger partial charge is 0.444 e. The zero-order valence-electron chi connectivity index (χ0n) is 14.6. The first kappa shape index (κ1) is 18.6. The van der Waals surface area contributed by atoms with E-state index in [1.807, 2.05) is 20.8 Å². The van der Waals surface area contributed by atoms with E-state index in [2.05, 4.69) is 19.2 Å². The van der Waals surface area contributed by atoms with Gasteiger partial charge >= 0.3 is 12.1 Å². The van der Waals surface area contributed by atoms with Crippen molar-refractivity contribution in [2.75, 3.05) is 32.7 Å². The molecule has 0 unspecified atom stereocenters. The first-order chi connectivity index (χ1) is 10.3. The molecule has 0 aromatic heterocycles. The average Bonchev–Trinajstić information content (AvgIpc) is 2.46. The number of ether oxygens (including phenoxy) is 1. The molecule has 1 N–H and O–H groups in total. The number of piperazine rings is 1. The molecule has 1 aliphatic rings. The molecule has 0 saturated carbocycles. The number of hydrogen-bond donors (Lipinski definition) is 1. The van der Waals surface area contributed by atoms with E-state index >= 15 is 0 Å². The summed E-state index contributed by atoms with van der Waals surface area (Å²) in [4.78, 5) is 27.5. The Morgan fingerprint density at radius 2 is 1.55 bits per heavy atom. The molecule has 0 bridgehead atoms. The molecule has 128 valence electrons. The van der Waals surface area contributed by atoms with E-state index in [0.717, 1.165) is 19.4 Å². The molecule has 0 atom stereocenters. The van der Waals surface area contributed by atoms with E-state index in [1.54, 1.807) is 9.80 Å².